The molecular formula is C24H23NO4. The summed E-state index contributed by atoms with van der Waals surface area (Å²) in [6.45, 7) is 4.92. The van der Waals surface area contributed by atoms with Gasteiger partial charge in [0.2, 0.25) is 0 Å². The number of hydrogen-bond acceptors (Lipinski definition) is 4. The molecule has 1 N–H and O–H groups in total. The van der Waals surface area contributed by atoms with Crippen LogP contribution in [-0.2, 0) is 0 Å². The Hall–Kier alpha value is -3.73. The Bertz CT molecular complexity index is 906. The van der Waals surface area contributed by atoms with Gasteiger partial charge >= 0.3 is 0 Å². The second kappa shape index (κ2) is 10.6. The zero-order chi connectivity index (χ0) is 20.3. The summed E-state index contributed by atoms with van der Waals surface area (Å²) in [5.41, 5.74) is 1.24. The monoisotopic (exact) mass is 389 g/mol. The number of ether oxygens (including phenoxy) is 3. The standard InChI is InChI=1S/C24H23NO4/c1-2-16-27-22-12-8-19(9-13-22)24(26)25-20-10-14-23(15-11-20)29-18-17-28-21-6-4-3-5-7-21/h2-15H,1,16-18H2,(H,25,26). The first-order valence-corrected chi connectivity index (χ1v) is 9.30. The van der Waals surface area contributed by atoms with Crippen LogP contribution in [0.1, 0.15) is 10.4 Å². The first-order chi connectivity index (χ1) is 14.2. The minimum absolute atomic E-state index is 0.190. The molecule has 0 aliphatic heterocycles. The molecule has 0 unspecified atom stereocenters. The van der Waals surface area contributed by atoms with Crippen molar-refractivity contribution in [2.24, 2.45) is 0 Å². The summed E-state index contributed by atoms with van der Waals surface area (Å²) in [6, 6.07) is 23.8. The summed E-state index contributed by atoms with van der Waals surface area (Å²) in [6.07, 6.45) is 1.67. The molecule has 1 amide bonds. The zero-order valence-corrected chi connectivity index (χ0v) is 16.0. The molecule has 0 fully saturated rings. The maximum atomic E-state index is 12.4. The summed E-state index contributed by atoms with van der Waals surface area (Å²) >= 11 is 0. The highest BCUT2D eigenvalue weighted by atomic mass is 16.5. The normalized spacial score (nSPS) is 10.1. The van der Waals surface area contributed by atoms with E-state index in [1.165, 1.54) is 0 Å². The molecule has 5 heteroatoms. The number of nitrogens with one attached hydrogen (secondary N) is 1. The van der Waals surface area contributed by atoms with Gasteiger partial charge in [-0.2, -0.15) is 0 Å². The molecule has 0 aliphatic rings. The summed E-state index contributed by atoms with van der Waals surface area (Å²) in [5.74, 6) is 2.03. The van der Waals surface area contributed by atoms with E-state index in [2.05, 4.69) is 11.9 Å². The predicted molar refractivity (Wildman–Crippen MR) is 114 cm³/mol. The molecule has 5 nitrogen and oxygen atoms in total. The van der Waals surface area contributed by atoms with Crippen molar-refractivity contribution in [2.45, 2.75) is 0 Å². The molecule has 29 heavy (non-hydrogen) atoms. The second-order valence-corrected chi connectivity index (χ2v) is 6.11. The third-order valence-electron chi connectivity index (χ3n) is 3.96. The Morgan fingerprint density at radius 3 is 1.93 bits per heavy atom. The Kier molecular flexibility index (Phi) is 7.29. The van der Waals surface area contributed by atoms with Crippen LogP contribution in [0.15, 0.2) is 91.5 Å². The lowest BCUT2D eigenvalue weighted by molar-refractivity contribution is 0.102. The number of anilines is 1. The highest BCUT2D eigenvalue weighted by Crippen LogP contribution is 2.18. The van der Waals surface area contributed by atoms with Gasteiger partial charge in [0.15, 0.2) is 0 Å². The lowest BCUT2D eigenvalue weighted by atomic mass is 10.2. The van der Waals surface area contributed by atoms with E-state index < -0.39 is 0 Å². The quantitative estimate of drug-likeness (QED) is 0.393. The molecule has 0 atom stereocenters. The van der Waals surface area contributed by atoms with Crippen LogP contribution in [-0.4, -0.2) is 25.7 Å². The lowest BCUT2D eigenvalue weighted by Gasteiger charge is -2.10. The van der Waals surface area contributed by atoms with Crippen LogP contribution in [0.3, 0.4) is 0 Å². The molecule has 0 bridgehead atoms. The number of rotatable bonds is 10. The molecule has 0 saturated carbocycles. The molecule has 0 saturated heterocycles. The highest BCUT2D eigenvalue weighted by molar-refractivity contribution is 6.04. The van der Waals surface area contributed by atoms with Crippen molar-refractivity contribution in [1.82, 2.24) is 0 Å². The number of amides is 1. The van der Waals surface area contributed by atoms with E-state index in [1.807, 2.05) is 42.5 Å². The average Bonchev–Trinajstić information content (AvgIpc) is 2.77. The topological polar surface area (TPSA) is 56.8 Å². The number of benzene rings is 3. The van der Waals surface area contributed by atoms with Gasteiger partial charge in [0.25, 0.3) is 5.91 Å². The zero-order valence-electron chi connectivity index (χ0n) is 16.0. The fourth-order valence-corrected chi connectivity index (χ4v) is 2.53. The summed E-state index contributed by atoms with van der Waals surface area (Å²) < 4.78 is 16.7. The first kappa shape index (κ1) is 20.0. The predicted octanol–water partition coefficient (Wildman–Crippen LogP) is 4.96. The van der Waals surface area contributed by atoms with E-state index in [0.29, 0.717) is 42.6 Å². The van der Waals surface area contributed by atoms with Crippen molar-refractivity contribution in [2.75, 3.05) is 25.1 Å². The molecule has 0 aliphatic carbocycles. The molecule has 0 spiro atoms. The number of para-hydroxylation sites is 1. The van der Waals surface area contributed by atoms with E-state index in [4.69, 9.17) is 14.2 Å². The molecule has 148 valence electrons. The van der Waals surface area contributed by atoms with Crippen LogP contribution in [0.4, 0.5) is 5.69 Å². The first-order valence-electron chi connectivity index (χ1n) is 9.30. The van der Waals surface area contributed by atoms with Gasteiger partial charge in [-0.15, -0.1) is 0 Å². The lowest BCUT2D eigenvalue weighted by Crippen LogP contribution is -2.12. The third kappa shape index (κ3) is 6.43. The van der Waals surface area contributed by atoms with Crippen LogP contribution >= 0.6 is 0 Å². The molecule has 3 aromatic carbocycles. The summed E-state index contributed by atoms with van der Waals surface area (Å²) in [4.78, 5) is 12.4. The van der Waals surface area contributed by atoms with Crippen molar-refractivity contribution in [3.05, 3.63) is 97.1 Å². The van der Waals surface area contributed by atoms with Crippen LogP contribution in [0.25, 0.3) is 0 Å². The Labute approximate surface area is 170 Å². The van der Waals surface area contributed by atoms with E-state index in [9.17, 15) is 4.79 Å². The fraction of sp³-hybridized carbons (Fsp3) is 0.125. The molecule has 0 radical (unpaired) electrons. The second-order valence-electron chi connectivity index (χ2n) is 6.11. The summed E-state index contributed by atoms with van der Waals surface area (Å²) in [7, 11) is 0. The van der Waals surface area contributed by atoms with Crippen LogP contribution in [0.2, 0.25) is 0 Å². The van der Waals surface area contributed by atoms with Crippen LogP contribution in [0.5, 0.6) is 17.2 Å². The van der Waals surface area contributed by atoms with Crippen molar-refractivity contribution in [3.63, 3.8) is 0 Å². The minimum Gasteiger partial charge on any atom is -0.490 e. The minimum atomic E-state index is -0.190. The highest BCUT2D eigenvalue weighted by Gasteiger charge is 2.06. The van der Waals surface area contributed by atoms with Gasteiger partial charge in [-0.25, -0.2) is 0 Å². The van der Waals surface area contributed by atoms with Gasteiger partial charge in [-0.3, -0.25) is 4.79 Å². The fourth-order valence-electron chi connectivity index (χ4n) is 2.53. The molecule has 0 aromatic heterocycles. The maximum Gasteiger partial charge on any atom is 0.255 e. The largest absolute Gasteiger partial charge is 0.490 e. The molecular weight excluding hydrogens is 366 g/mol. The molecule has 3 rings (SSSR count). The van der Waals surface area contributed by atoms with E-state index in [0.717, 1.165) is 5.75 Å². The number of hydrogen-bond donors (Lipinski definition) is 1. The van der Waals surface area contributed by atoms with Crippen LogP contribution in [0, 0.1) is 0 Å². The average molecular weight is 389 g/mol. The van der Waals surface area contributed by atoms with Gasteiger partial charge < -0.3 is 19.5 Å². The SMILES string of the molecule is C=CCOc1ccc(C(=O)Nc2ccc(OCCOc3ccccc3)cc2)cc1. The van der Waals surface area contributed by atoms with Gasteiger partial charge in [-0.1, -0.05) is 30.9 Å². The Morgan fingerprint density at radius 1 is 0.759 bits per heavy atom. The van der Waals surface area contributed by atoms with Gasteiger partial charge in [-0.05, 0) is 60.7 Å². The third-order valence-corrected chi connectivity index (χ3v) is 3.96. The van der Waals surface area contributed by atoms with Crippen LogP contribution < -0.4 is 19.5 Å². The number of carbonyl (C=O) groups excluding carboxylic acids is 1. The Morgan fingerprint density at radius 2 is 1.31 bits per heavy atom. The van der Waals surface area contributed by atoms with E-state index in [1.54, 1.807) is 42.5 Å². The van der Waals surface area contributed by atoms with E-state index >= 15 is 0 Å². The Balaban J connectivity index is 1.44. The maximum absolute atomic E-state index is 12.4. The van der Waals surface area contributed by atoms with Gasteiger partial charge in [0.1, 0.15) is 37.1 Å². The van der Waals surface area contributed by atoms with E-state index in [-0.39, 0.29) is 5.91 Å². The van der Waals surface area contributed by atoms with Gasteiger partial charge in [0.05, 0.1) is 0 Å². The van der Waals surface area contributed by atoms with Gasteiger partial charge in [0, 0.05) is 11.3 Å². The van der Waals surface area contributed by atoms with Crippen molar-refractivity contribution in [3.8, 4) is 17.2 Å². The van der Waals surface area contributed by atoms with Crippen molar-refractivity contribution in [1.29, 1.82) is 0 Å². The van der Waals surface area contributed by atoms with Crippen molar-refractivity contribution >= 4 is 11.6 Å². The summed E-state index contributed by atoms with van der Waals surface area (Å²) in [5, 5.41) is 2.86. The molecule has 0 heterocycles. The number of carbonyl (C=O) groups is 1. The van der Waals surface area contributed by atoms with Crippen molar-refractivity contribution < 1.29 is 19.0 Å². The molecule has 3 aromatic rings. The smallest absolute Gasteiger partial charge is 0.255 e.